The summed E-state index contributed by atoms with van der Waals surface area (Å²) in [5, 5.41) is 0. The molecule has 0 bridgehead atoms. The van der Waals surface area contributed by atoms with E-state index in [-0.39, 0.29) is 11.3 Å². The molecule has 1 rings (SSSR count). The molecule has 1 fully saturated rings. The van der Waals surface area contributed by atoms with Crippen molar-refractivity contribution in [3.8, 4) is 0 Å². The van der Waals surface area contributed by atoms with Crippen LogP contribution < -0.4 is 5.73 Å². The molecule has 0 spiro atoms. The third-order valence-corrected chi connectivity index (χ3v) is 3.24. The largest absolute Gasteiger partial charge is 0.365 e. The third-order valence-electron chi connectivity index (χ3n) is 3.24. The number of carbonyl (C=O) groups is 1. The first-order chi connectivity index (χ1) is 7.31. The molecule has 0 aromatic heterocycles. The number of likely N-dealkylation sites (N-methyl/N-ethyl adjacent to an activating group) is 1. The molecule has 0 aromatic carbocycles. The van der Waals surface area contributed by atoms with Gasteiger partial charge >= 0.3 is 0 Å². The van der Waals surface area contributed by atoms with Gasteiger partial charge in [-0.1, -0.05) is 13.8 Å². The lowest BCUT2D eigenvalue weighted by Gasteiger charge is -2.33. The summed E-state index contributed by atoms with van der Waals surface area (Å²) in [6, 6.07) is 0. The van der Waals surface area contributed by atoms with Crippen molar-refractivity contribution in [1.82, 2.24) is 4.90 Å². The van der Waals surface area contributed by atoms with Crippen molar-refractivity contribution in [3.63, 3.8) is 0 Å². The van der Waals surface area contributed by atoms with E-state index in [4.69, 9.17) is 10.5 Å². The fourth-order valence-corrected chi connectivity index (χ4v) is 2.13. The molecule has 4 heteroatoms. The van der Waals surface area contributed by atoms with Crippen LogP contribution in [0.4, 0.5) is 0 Å². The van der Waals surface area contributed by atoms with Crippen LogP contribution >= 0.6 is 0 Å². The molecule has 0 radical (unpaired) electrons. The number of hydrogen-bond acceptors (Lipinski definition) is 3. The topological polar surface area (TPSA) is 55.6 Å². The fraction of sp³-hybridized carbons (Fsp3) is 0.917. The average molecular weight is 228 g/mol. The average Bonchev–Trinajstić information content (AvgIpc) is 2.64. The number of nitrogens with zero attached hydrogens (tertiary/aromatic N) is 1. The lowest BCUT2D eigenvalue weighted by molar-refractivity contribution is -0.150. The van der Waals surface area contributed by atoms with Crippen LogP contribution in [-0.2, 0) is 9.53 Å². The minimum atomic E-state index is -0.612. The van der Waals surface area contributed by atoms with E-state index in [0.29, 0.717) is 19.7 Å². The van der Waals surface area contributed by atoms with E-state index < -0.39 is 5.60 Å². The van der Waals surface area contributed by atoms with Gasteiger partial charge in [0.1, 0.15) is 5.60 Å². The van der Waals surface area contributed by atoms with Crippen LogP contribution in [0.5, 0.6) is 0 Å². The zero-order valence-electron chi connectivity index (χ0n) is 10.9. The van der Waals surface area contributed by atoms with Crippen molar-refractivity contribution in [2.75, 3.05) is 26.7 Å². The molecule has 16 heavy (non-hydrogen) atoms. The Bertz CT molecular complexity index is 258. The van der Waals surface area contributed by atoms with Gasteiger partial charge in [0.05, 0.1) is 0 Å². The molecule has 0 saturated carbocycles. The van der Waals surface area contributed by atoms with Gasteiger partial charge in [0.15, 0.2) is 0 Å². The van der Waals surface area contributed by atoms with Crippen molar-refractivity contribution in [2.24, 2.45) is 11.1 Å². The van der Waals surface area contributed by atoms with Crippen LogP contribution in [0.15, 0.2) is 0 Å². The Morgan fingerprint density at radius 2 is 2.19 bits per heavy atom. The number of carbonyl (C=O) groups excluding carboxylic acids is 1. The molecule has 1 aliphatic heterocycles. The monoisotopic (exact) mass is 228 g/mol. The molecule has 1 heterocycles. The smallest absolute Gasteiger partial charge is 0.254 e. The minimum absolute atomic E-state index is 0.0423. The highest BCUT2D eigenvalue weighted by Gasteiger charge is 2.40. The molecule has 0 aromatic rings. The highest BCUT2D eigenvalue weighted by molar-refractivity contribution is 5.84. The summed E-state index contributed by atoms with van der Waals surface area (Å²) < 4.78 is 5.55. The maximum absolute atomic E-state index is 12.2. The van der Waals surface area contributed by atoms with Crippen LogP contribution in [0.3, 0.4) is 0 Å². The molecule has 1 saturated heterocycles. The van der Waals surface area contributed by atoms with Gasteiger partial charge in [0.25, 0.3) is 5.91 Å². The zero-order chi connectivity index (χ0) is 12.4. The molecule has 1 atom stereocenters. The molecular formula is C12H24N2O2. The number of ether oxygens (including phenoxy) is 1. The predicted octanol–water partition coefficient (Wildman–Crippen LogP) is 0.999. The Morgan fingerprint density at radius 1 is 1.56 bits per heavy atom. The van der Waals surface area contributed by atoms with Gasteiger partial charge in [0.2, 0.25) is 0 Å². The van der Waals surface area contributed by atoms with Gasteiger partial charge in [-0.3, -0.25) is 4.79 Å². The molecule has 94 valence electrons. The number of nitrogens with two attached hydrogens (primary N) is 1. The third kappa shape index (κ3) is 2.95. The van der Waals surface area contributed by atoms with E-state index in [0.717, 1.165) is 12.8 Å². The van der Waals surface area contributed by atoms with Crippen molar-refractivity contribution in [2.45, 2.75) is 39.2 Å². The Labute approximate surface area is 98.1 Å². The first-order valence-electron chi connectivity index (χ1n) is 5.90. The van der Waals surface area contributed by atoms with E-state index in [9.17, 15) is 4.79 Å². The Hall–Kier alpha value is -0.610. The quantitative estimate of drug-likeness (QED) is 0.781. The SMILES string of the molecule is CN(CC(C)(C)CN)C(=O)C1(C)CCCO1. The van der Waals surface area contributed by atoms with Crippen molar-refractivity contribution in [3.05, 3.63) is 0 Å². The highest BCUT2D eigenvalue weighted by Crippen LogP contribution is 2.28. The van der Waals surface area contributed by atoms with Gasteiger partial charge in [-0.2, -0.15) is 0 Å². The van der Waals surface area contributed by atoms with E-state index in [1.165, 1.54) is 0 Å². The van der Waals surface area contributed by atoms with Crippen molar-refractivity contribution < 1.29 is 9.53 Å². The van der Waals surface area contributed by atoms with Crippen LogP contribution in [-0.4, -0.2) is 43.2 Å². The minimum Gasteiger partial charge on any atom is -0.365 e. The molecule has 4 nitrogen and oxygen atoms in total. The van der Waals surface area contributed by atoms with Crippen molar-refractivity contribution >= 4 is 5.91 Å². The van der Waals surface area contributed by atoms with Gasteiger partial charge < -0.3 is 15.4 Å². The van der Waals surface area contributed by atoms with Gasteiger partial charge in [-0.15, -0.1) is 0 Å². The Morgan fingerprint density at radius 3 is 2.62 bits per heavy atom. The lowest BCUT2D eigenvalue weighted by atomic mass is 9.92. The van der Waals surface area contributed by atoms with Gasteiger partial charge in [0, 0.05) is 20.2 Å². The second-order valence-corrected chi connectivity index (χ2v) is 5.71. The Kier molecular flexibility index (Phi) is 3.97. The van der Waals surface area contributed by atoms with E-state index in [1.54, 1.807) is 4.90 Å². The zero-order valence-corrected chi connectivity index (χ0v) is 10.9. The van der Waals surface area contributed by atoms with Gasteiger partial charge in [-0.05, 0) is 31.7 Å². The summed E-state index contributed by atoms with van der Waals surface area (Å²) in [5.41, 5.74) is 5.02. The maximum Gasteiger partial charge on any atom is 0.254 e. The maximum atomic E-state index is 12.2. The van der Waals surface area contributed by atoms with E-state index in [1.807, 2.05) is 14.0 Å². The predicted molar refractivity (Wildman–Crippen MR) is 64.1 cm³/mol. The van der Waals surface area contributed by atoms with E-state index in [2.05, 4.69) is 13.8 Å². The molecule has 0 aliphatic carbocycles. The Balaban J connectivity index is 2.60. The van der Waals surface area contributed by atoms with Gasteiger partial charge in [-0.25, -0.2) is 0 Å². The molecule has 1 unspecified atom stereocenters. The summed E-state index contributed by atoms with van der Waals surface area (Å²) >= 11 is 0. The number of amides is 1. The summed E-state index contributed by atoms with van der Waals surface area (Å²) in [6.07, 6.45) is 1.79. The van der Waals surface area contributed by atoms with E-state index >= 15 is 0 Å². The molecule has 2 N–H and O–H groups in total. The molecule has 1 amide bonds. The first kappa shape index (κ1) is 13.5. The summed E-state index contributed by atoms with van der Waals surface area (Å²) in [4.78, 5) is 14.0. The van der Waals surface area contributed by atoms with Crippen LogP contribution in [0.2, 0.25) is 0 Å². The second-order valence-electron chi connectivity index (χ2n) is 5.71. The highest BCUT2D eigenvalue weighted by atomic mass is 16.5. The first-order valence-corrected chi connectivity index (χ1v) is 5.90. The molecular weight excluding hydrogens is 204 g/mol. The standard InChI is InChI=1S/C12H24N2O2/c1-11(2,8-13)9-14(4)10(15)12(3)6-5-7-16-12/h5-9,13H2,1-4H3. The normalized spacial score (nSPS) is 25.8. The number of hydrogen-bond donors (Lipinski definition) is 1. The lowest BCUT2D eigenvalue weighted by Crippen LogP contribution is -2.49. The van der Waals surface area contributed by atoms with Crippen LogP contribution in [0.1, 0.15) is 33.6 Å². The van der Waals surface area contributed by atoms with Crippen molar-refractivity contribution in [1.29, 1.82) is 0 Å². The van der Waals surface area contributed by atoms with Crippen LogP contribution in [0.25, 0.3) is 0 Å². The summed E-state index contributed by atoms with van der Waals surface area (Å²) in [5.74, 6) is 0.0755. The summed E-state index contributed by atoms with van der Waals surface area (Å²) in [7, 11) is 1.83. The molecule has 1 aliphatic rings. The number of rotatable bonds is 4. The second kappa shape index (κ2) is 4.72. The van der Waals surface area contributed by atoms with Crippen LogP contribution in [0, 0.1) is 5.41 Å². The fourth-order valence-electron chi connectivity index (χ4n) is 2.13. The summed E-state index contributed by atoms with van der Waals surface area (Å²) in [6.45, 7) is 7.94.